The number of hydrogen-bond donors (Lipinski definition) is 2. The Morgan fingerprint density at radius 2 is 1.75 bits per heavy atom. The fraction of sp³-hybridized carbons (Fsp3) is 0.941. The van der Waals surface area contributed by atoms with Gasteiger partial charge in [0.25, 0.3) is 0 Å². The number of hydrogen-bond acceptors (Lipinski definition) is 2. The Balaban J connectivity index is 1.60. The molecule has 2 N–H and O–H groups in total. The quantitative estimate of drug-likeness (QED) is 0.774. The van der Waals surface area contributed by atoms with Gasteiger partial charge in [0.2, 0.25) is 0 Å². The highest BCUT2D eigenvalue weighted by atomic mass is 16.4. The van der Waals surface area contributed by atoms with Gasteiger partial charge in [-0.05, 0) is 51.4 Å². The highest BCUT2D eigenvalue weighted by molar-refractivity contribution is 5.70. The molecule has 0 saturated heterocycles. The van der Waals surface area contributed by atoms with Gasteiger partial charge in [0.05, 0.1) is 5.92 Å². The van der Waals surface area contributed by atoms with E-state index >= 15 is 0 Å². The van der Waals surface area contributed by atoms with Crippen LogP contribution in [0.5, 0.6) is 0 Å². The summed E-state index contributed by atoms with van der Waals surface area (Å²) in [6.45, 7) is 2.30. The summed E-state index contributed by atoms with van der Waals surface area (Å²) in [5.41, 5.74) is 0. The monoisotopic (exact) mass is 281 g/mol. The molecule has 1 atom stereocenters. The summed E-state index contributed by atoms with van der Waals surface area (Å²) >= 11 is 0. The van der Waals surface area contributed by atoms with Crippen molar-refractivity contribution in [2.75, 3.05) is 0 Å². The lowest BCUT2D eigenvalue weighted by atomic mass is 9.84. The van der Waals surface area contributed by atoms with Crippen LogP contribution in [0.2, 0.25) is 0 Å². The predicted molar refractivity (Wildman–Crippen MR) is 81.8 cm³/mol. The van der Waals surface area contributed by atoms with Gasteiger partial charge < -0.3 is 10.4 Å². The normalized spacial score (nSPS) is 30.1. The molecule has 116 valence electrons. The summed E-state index contributed by atoms with van der Waals surface area (Å²) in [6, 6.07) is 1.13. The van der Waals surface area contributed by atoms with Crippen LogP contribution in [0.15, 0.2) is 0 Å². The van der Waals surface area contributed by atoms with Gasteiger partial charge in [-0.2, -0.15) is 0 Å². The van der Waals surface area contributed by atoms with Crippen molar-refractivity contribution in [3.63, 3.8) is 0 Å². The van der Waals surface area contributed by atoms with E-state index in [1.165, 1.54) is 44.9 Å². The van der Waals surface area contributed by atoms with Gasteiger partial charge in [0.1, 0.15) is 0 Å². The van der Waals surface area contributed by atoms with Crippen molar-refractivity contribution in [1.82, 2.24) is 5.32 Å². The first-order valence-electron chi connectivity index (χ1n) is 8.64. The van der Waals surface area contributed by atoms with Crippen LogP contribution in [-0.4, -0.2) is 23.2 Å². The zero-order valence-corrected chi connectivity index (χ0v) is 12.9. The molecule has 20 heavy (non-hydrogen) atoms. The summed E-state index contributed by atoms with van der Waals surface area (Å²) in [7, 11) is 0. The standard InChI is InChI=1S/C17H31NO2/c1-13(7-8-14-5-3-2-4-6-14)18-16-11-9-15(10-12-16)17(19)20/h13-16,18H,2-12H2,1H3,(H,19,20). The van der Waals surface area contributed by atoms with Gasteiger partial charge >= 0.3 is 5.97 Å². The number of carbonyl (C=O) groups is 1. The average molecular weight is 281 g/mol. The van der Waals surface area contributed by atoms with E-state index in [-0.39, 0.29) is 5.92 Å². The van der Waals surface area contributed by atoms with Crippen molar-refractivity contribution in [2.24, 2.45) is 11.8 Å². The van der Waals surface area contributed by atoms with Crippen molar-refractivity contribution in [2.45, 2.75) is 89.6 Å². The van der Waals surface area contributed by atoms with Gasteiger partial charge in [0.15, 0.2) is 0 Å². The molecule has 1 unspecified atom stereocenters. The number of aliphatic carboxylic acids is 1. The van der Waals surface area contributed by atoms with E-state index < -0.39 is 5.97 Å². The average Bonchev–Trinajstić information content (AvgIpc) is 2.47. The van der Waals surface area contributed by atoms with Crippen LogP contribution in [0.1, 0.15) is 77.6 Å². The Hall–Kier alpha value is -0.570. The second kappa shape index (κ2) is 8.02. The summed E-state index contributed by atoms with van der Waals surface area (Å²) in [4.78, 5) is 10.9. The Kier molecular flexibility index (Phi) is 6.34. The Bertz CT molecular complexity index is 291. The minimum absolute atomic E-state index is 0.0920. The topological polar surface area (TPSA) is 49.3 Å². The lowest BCUT2D eigenvalue weighted by Crippen LogP contribution is -2.40. The molecule has 2 saturated carbocycles. The molecule has 2 aliphatic carbocycles. The summed E-state index contributed by atoms with van der Waals surface area (Å²) < 4.78 is 0. The van der Waals surface area contributed by atoms with E-state index in [9.17, 15) is 4.79 Å². The van der Waals surface area contributed by atoms with Crippen LogP contribution in [0.3, 0.4) is 0 Å². The molecule has 0 radical (unpaired) electrons. The van der Waals surface area contributed by atoms with Gasteiger partial charge in [0, 0.05) is 12.1 Å². The summed E-state index contributed by atoms with van der Waals surface area (Å²) in [5, 5.41) is 12.7. The zero-order valence-electron chi connectivity index (χ0n) is 12.9. The lowest BCUT2D eigenvalue weighted by molar-refractivity contribution is -0.142. The van der Waals surface area contributed by atoms with Crippen LogP contribution in [0.4, 0.5) is 0 Å². The molecule has 3 nitrogen and oxygen atoms in total. The lowest BCUT2D eigenvalue weighted by Gasteiger charge is -2.30. The van der Waals surface area contributed by atoms with E-state index in [0.29, 0.717) is 12.1 Å². The minimum atomic E-state index is -0.603. The number of nitrogens with one attached hydrogen (secondary N) is 1. The summed E-state index contributed by atoms with van der Waals surface area (Å²) in [5.74, 6) is 0.273. The van der Waals surface area contributed by atoms with Crippen LogP contribution in [0.25, 0.3) is 0 Å². The van der Waals surface area contributed by atoms with Gasteiger partial charge in [-0.25, -0.2) is 0 Å². The fourth-order valence-electron chi connectivity index (χ4n) is 3.95. The van der Waals surface area contributed by atoms with Crippen molar-refractivity contribution in [1.29, 1.82) is 0 Å². The van der Waals surface area contributed by atoms with E-state index in [2.05, 4.69) is 12.2 Å². The highest BCUT2D eigenvalue weighted by Gasteiger charge is 2.26. The number of carboxylic acids is 1. The van der Waals surface area contributed by atoms with Crippen LogP contribution in [0, 0.1) is 11.8 Å². The van der Waals surface area contributed by atoms with Gasteiger partial charge in [-0.1, -0.05) is 32.1 Å². The van der Waals surface area contributed by atoms with Crippen LogP contribution >= 0.6 is 0 Å². The fourth-order valence-corrected chi connectivity index (χ4v) is 3.95. The molecule has 0 aliphatic heterocycles. The molecule has 0 bridgehead atoms. The molecule has 0 aromatic carbocycles. The van der Waals surface area contributed by atoms with Crippen LogP contribution in [-0.2, 0) is 4.79 Å². The van der Waals surface area contributed by atoms with E-state index in [4.69, 9.17) is 5.11 Å². The molecule has 0 heterocycles. The first-order chi connectivity index (χ1) is 9.65. The molecular formula is C17H31NO2. The molecule has 0 spiro atoms. The molecule has 0 aromatic heterocycles. The third-order valence-electron chi connectivity index (χ3n) is 5.33. The SMILES string of the molecule is CC(CCC1CCCCC1)NC1CCC(C(=O)O)CC1. The van der Waals surface area contributed by atoms with Crippen molar-refractivity contribution < 1.29 is 9.90 Å². The largest absolute Gasteiger partial charge is 0.481 e. The Morgan fingerprint density at radius 1 is 1.10 bits per heavy atom. The van der Waals surface area contributed by atoms with E-state index in [0.717, 1.165) is 31.6 Å². The predicted octanol–water partition coefficient (Wildman–Crippen LogP) is 3.97. The van der Waals surface area contributed by atoms with Crippen molar-refractivity contribution >= 4 is 5.97 Å². The molecule has 3 heteroatoms. The first-order valence-corrected chi connectivity index (χ1v) is 8.64. The van der Waals surface area contributed by atoms with E-state index in [1.54, 1.807) is 0 Å². The van der Waals surface area contributed by atoms with Crippen molar-refractivity contribution in [3.8, 4) is 0 Å². The molecule has 0 amide bonds. The first kappa shape index (κ1) is 15.8. The number of carboxylic acid groups (broad SMARTS) is 1. The highest BCUT2D eigenvalue weighted by Crippen LogP contribution is 2.28. The Labute approximate surface area is 123 Å². The van der Waals surface area contributed by atoms with E-state index in [1.807, 2.05) is 0 Å². The third-order valence-corrected chi connectivity index (χ3v) is 5.33. The zero-order chi connectivity index (χ0) is 14.4. The van der Waals surface area contributed by atoms with Crippen LogP contribution < -0.4 is 5.32 Å². The number of rotatable bonds is 6. The maximum absolute atomic E-state index is 10.9. The smallest absolute Gasteiger partial charge is 0.306 e. The Morgan fingerprint density at radius 3 is 2.35 bits per heavy atom. The second-order valence-electron chi connectivity index (χ2n) is 7.04. The van der Waals surface area contributed by atoms with Gasteiger partial charge in [-0.3, -0.25) is 4.79 Å². The molecule has 2 aliphatic rings. The molecule has 2 fully saturated rings. The molecule has 2 rings (SSSR count). The maximum atomic E-state index is 10.9. The third kappa shape index (κ3) is 5.08. The minimum Gasteiger partial charge on any atom is -0.481 e. The summed E-state index contributed by atoms with van der Waals surface area (Å²) in [6.07, 6.45) is 13.6. The van der Waals surface area contributed by atoms with Gasteiger partial charge in [-0.15, -0.1) is 0 Å². The second-order valence-corrected chi connectivity index (χ2v) is 7.04. The maximum Gasteiger partial charge on any atom is 0.306 e. The van der Waals surface area contributed by atoms with Crippen molar-refractivity contribution in [3.05, 3.63) is 0 Å². The molecule has 0 aromatic rings. The molecular weight excluding hydrogens is 250 g/mol.